The molecule has 0 radical (unpaired) electrons. The van der Waals surface area contributed by atoms with Gasteiger partial charge in [0.2, 0.25) is 0 Å². The predicted octanol–water partition coefficient (Wildman–Crippen LogP) is 3.33. The van der Waals surface area contributed by atoms with Crippen molar-refractivity contribution in [2.45, 2.75) is 44.6 Å². The van der Waals surface area contributed by atoms with Gasteiger partial charge in [0.25, 0.3) is 0 Å². The van der Waals surface area contributed by atoms with E-state index in [0.29, 0.717) is 5.25 Å². The van der Waals surface area contributed by atoms with E-state index in [-0.39, 0.29) is 0 Å². The van der Waals surface area contributed by atoms with Crippen LogP contribution in [0.1, 0.15) is 39.4 Å². The molecule has 0 aliphatic rings. The van der Waals surface area contributed by atoms with Crippen LogP contribution < -0.4 is 5.32 Å². The van der Waals surface area contributed by atoms with Crippen LogP contribution in [0.3, 0.4) is 0 Å². The van der Waals surface area contributed by atoms with Crippen LogP contribution in [0.2, 0.25) is 0 Å². The molecule has 1 N–H and O–H groups in total. The minimum absolute atomic E-state index is 0.677. The van der Waals surface area contributed by atoms with E-state index >= 15 is 0 Å². The molecule has 0 bridgehead atoms. The first-order chi connectivity index (χ1) is 7.76. The summed E-state index contributed by atoms with van der Waals surface area (Å²) in [4.78, 5) is 8.76. The Labute approximate surface area is 102 Å². The normalized spacial score (nSPS) is 12.4. The highest BCUT2D eigenvalue weighted by Gasteiger charge is 2.03. The van der Waals surface area contributed by atoms with E-state index in [1.807, 2.05) is 24.0 Å². The number of hydrogen-bond donors (Lipinski definition) is 1. The highest BCUT2D eigenvalue weighted by atomic mass is 32.2. The number of nitrogens with zero attached hydrogens (tertiary/aromatic N) is 2. The van der Waals surface area contributed by atoms with Crippen molar-refractivity contribution in [3.63, 3.8) is 0 Å². The van der Waals surface area contributed by atoms with E-state index in [0.717, 1.165) is 30.4 Å². The molecule has 16 heavy (non-hydrogen) atoms. The van der Waals surface area contributed by atoms with Gasteiger partial charge < -0.3 is 5.32 Å². The Bertz CT molecular complexity index is 304. The molecular weight excluding hydrogens is 218 g/mol. The van der Waals surface area contributed by atoms with Crippen molar-refractivity contribution in [1.82, 2.24) is 9.97 Å². The summed E-state index contributed by atoms with van der Waals surface area (Å²) >= 11 is 1.91. The van der Waals surface area contributed by atoms with E-state index in [9.17, 15) is 0 Å². The number of hydrogen-bond acceptors (Lipinski definition) is 4. The summed E-state index contributed by atoms with van der Waals surface area (Å²) in [7, 11) is 0. The van der Waals surface area contributed by atoms with Crippen molar-refractivity contribution < 1.29 is 0 Å². The highest BCUT2D eigenvalue weighted by Crippen LogP contribution is 2.18. The average Bonchev–Trinajstić information content (AvgIpc) is 2.34. The third-order valence-corrected chi connectivity index (χ3v) is 3.66. The lowest BCUT2D eigenvalue weighted by atomic mass is 10.4. The van der Waals surface area contributed by atoms with Crippen LogP contribution in [-0.4, -0.2) is 21.8 Å². The molecule has 1 rings (SSSR count). The van der Waals surface area contributed by atoms with Crippen LogP contribution in [-0.2, 0) is 5.75 Å². The number of nitrogens with one attached hydrogen (secondary N) is 1. The van der Waals surface area contributed by atoms with Gasteiger partial charge in [-0.15, -0.1) is 0 Å². The Hall–Kier alpha value is -0.770. The monoisotopic (exact) mass is 239 g/mol. The van der Waals surface area contributed by atoms with Crippen LogP contribution in [0.4, 0.5) is 5.82 Å². The lowest BCUT2D eigenvalue weighted by Crippen LogP contribution is -2.04. The molecule has 0 saturated heterocycles. The molecular formula is C12H21N3S. The molecule has 1 heterocycles. The maximum Gasteiger partial charge on any atom is 0.140 e. The van der Waals surface area contributed by atoms with Crippen LogP contribution in [0.5, 0.6) is 0 Å². The molecule has 0 aliphatic heterocycles. The van der Waals surface area contributed by atoms with Gasteiger partial charge in [-0.3, -0.25) is 0 Å². The zero-order chi connectivity index (χ0) is 11.8. The van der Waals surface area contributed by atoms with Crippen molar-refractivity contribution in [2.24, 2.45) is 0 Å². The van der Waals surface area contributed by atoms with E-state index in [4.69, 9.17) is 0 Å². The molecule has 90 valence electrons. The van der Waals surface area contributed by atoms with Gasteiger partial charge in [0, 0.05) is 18.0 Å². The fourth-order valence-corrected chi connectivity index (χ4v) is 1.96. The number of rotatable bonds is 7. The average molecular weight is 239 g/mol. The summed E-state index contributed by atoms with van der Waals surface area (Å²) in [5.74, 6) is 2.76. The summed E-state index contributed by atoms with van der Waals surface area (Å²) in [5.41, 5.74) is 0. The minimum atomic E-state index is 0.677. The molecule has 1 aromatic rings. The maximum atomic E-state index is 4.47. The summed E-state index contributed by atoms with van der Waals surface area (Å²) in [6.45, 7) is 7.56. The molecule has 0 aliphatic carbocycles. The third kappa shape index (κ3) is 4.84. The van der Waals surface area contributed by atoms with Gasteiger partial charge in [-0.1, -0.05) is 20.8 Å². The first-order valence-electron chi connectivity index (χ1n) is 5.93. The van der Waals surface area contributed by atoms with Crippen LogP contribution in [0, 0.1) is 0 Å². The van der Waals surface area contributed by atoms with Crippen LogP contribution in [0.15, 0.2) is 12.3 Å². The van der Waals surface area contributed by atoms with Crippen molar-refractivity contribution in [3.05, 3.63) is 18.1 Å². The van der Waals surface area contributed by atoms with E-state index in [1.54, 1.807) is 0 Å². The highest BCUT2D eigenvalue weighted by molar-refractivity contribution is 7.99. The predicted molar refractivity (Wildman–Crippen MR) is 71.9 cm³/mol. The minimum Gasteiger partial charge on any atom is -0.370 e. The van der Waals surface area contributed by atoms with Gasteiger partial charge in [-0.2, -0.15) is 11.8 Å². The Morgan fingerprint density at radius 2 is 2.25 bits per heavy atom. The van der Waals surface area contributed by atoms with Gasteiger partial charge in [-0.05, 0) is 18.9 Å². The standard InChI is InChI=1S/C12H21N3S/c1-4-7-13-11-6-8-14-12(15-11)9-16-10(3)5-2/h6,8,10H,4-5,7,9H2,1-3H3,(H,13,14,15). The summed E-state index contributed by atoms with van der Waals surface area (Å²) in [6, 6.07) is 1.92. The Balaban J connectivity index is 2.46. The molecule has 3 nitrogen and oxygen atoms in total. The molecule has 0 aromatic carbocycles. The van der Waals surface area contributed by atoms with E-state index in [1.165, 1.54) is 6.42 Å². The van der Waals surface area contributed by atoms with Crippen molar-refractivity contribution >= 4 is 17.6 Å². The number of anilines is 1. The molecule has 0 spiro atoms. The summed E-state index contributed by atoms with van der Waals surface area (Å²) in [6.07, 6.45) is 4.14. The number of thioether (sulfide) groups is 1. The lowest BCUT2D eigenvalue weighted by molar-refractivity contribution is 0.900. The summed E-state index contributed by atoms with van der Waals surface area (Å²) < 4.78 is 0. The topological polar surface area (TPSA) is 37.8 Å². The largest absolute Gasteiger partial charge is 0.370 e. The van der Waals surface area contributed by atoms with Gasteiger partial charge in [0.1, 0.15) is 11.6 Å². The fraction of sp³-hybridized carbons (Fsp3) is 0.667. The SMILES string of the molecule is CCCNc1ccnc(CSC(C)CC)n1. The van der Waals surface area contributed by atoms with Crippen LogP contribution in [0.25, 0.3) is 0 Å². The first-order valence-corrected chi connectivity index (χ1v) is 6.98. The Morgan fingerprint density at radius 1 is 1.44 bits per heavy atom. The molecule has 0 amide bonds. The third-order valence-electron chi connectivity index (χ3n) is 2.33. The zero-order valence-electron chi connectivity index (χ0n) is 10.4. The molecule has 0 fully saturated rings. The first kappa shape index (κ1) is 13.3. The Kier molecular flexibility index (Phi) is 6.23. The molecule has 1 aromatic heterocycles. The number of aromatic nitrogens is 2. The fourth-order valence-electron chi connectivity index (χ4n) is 1.15. The van der Waals surface area contributed by atoms with E-state index in [2.05, 4.69) is 36.1 Å². The van der Waals surface area contributed by atoms with Crippen molar-refractivity contribution in [1.29, 1.82) is 0 Å². The second-order valence-electron chi connectivity index (χ2n) is 3.81. The van der Waals surface area contributed by atoms with Gasteiger partial charge >= 0.3 is 0 Å². The van der Waals surface area contributed by atoms with Gasteiger partial charge in [-0.25, -0.2) is 9.97 Å². The zero-order valence-corrected chi connectivity index (χ0v) is 11.2. The second kappa shape index (κ2) is 7.49. The van der Waals surface area contributed by atoms with Crippen LogP contribution >= 0.6 is 11.8 Å². The van der Waals surface area contributed by atoms with Crippen molar-refractivity contribution in [3.8, 4) is 0 Å². The summed E-state index contributed by atoms with van der Waals surface area (Å²) in [5, 5.41) is 3.95. The Morgan fingerprint density at radius 3 is 2.94 bits per heavy atom. The van der Waals surface area contributed by atoms with E-state index < -0.39 is 0 Å². The quantitative estimate of drug-likeness (QED) is 0.792. The van der Waals surface area contributed by atoms with Gasteiger partial charge in [0.05, 0.1) is 5.75 Å². The lowest BCUT2D eigenvalue weighted by Gasteiger charge is -2.08. The van der Waals surface area contributed by atoms with Gasteiger partial charge in [0.15, 0.2) is 0 Å². The molecule has 1 atom stereocenters. The molecule has 0 saturated carbocycles. The van der Waals surface area contributed by atoms with Crippen molar-refractivity contribution in [2.75, 3.05) is 11.9 Å². The molecule has 1 unspecified atom stereocenters. The smallest absolute Gasteiger partial charge is 0.140 e. The second-order valence-corrected chi connectivity index (χ2v) is 5.24. The molecule has 4 heteroatoms. The maximum absolute atomic E-state index is 4.47.